The Morgan fingerprint density at radius 3 is 3.00 bits per heavy atom. The topological polar surface area (TPSA) is 61.3 Å². The lowest BCUT2D eigenvalue weighted by Gasteiger charge is -2.02. The largest absolute Gasteiger partial charge is 0.497 e. The van der Waals surface area contributed by atoms with Crippen molar-refractivity contribution < 1.29 is 9.15 Å². The summed E-state index contributed by atoms with van der Waals surface area (Å²) in [6, 6.07) is 7.89. The summed E-state index contributed by atoms with van der Waals surface area (Å²) in [6.45, 7) is 2.61. The Hall–Kier alpha value is -1.81. The molecule has 1 aromatic carbocycles. The first-order chi connectivity index (χ1) is 8.72. The van der Waals surface area contributed by atoms with Gasteiger partial charge in [0.2, 0.25) is 0 Å². The first kappa shape index (κ1) is 12.6. The summed E-state index contributed by atoms with van der Waals surface area (Å²) in [4.78, 5) is 4.44. The quantitative estimate of drug-likeness (QED) is 0.879. The molecule has 0 aliphatic heterocycles. The lowest BCUT2D eigenvalue weighted by atomic mass is 10.1. The van der Waals surface area contributed by atoms with Crippen molar-refractivity contribution in [3.63, 3.8) is 0 Å². The maximum atomic E-state index is 5.61. The summed E-state index contributed by atoms with van der Waals surface area (Å²) < 4.78 is 10.6. The van der Waals surface area contributed by atoms with E-state index in [-0.39, 0.29) is 5.92 Å². The maximum Gasteiger partial charge on any atom is 0.198 e. The minimum Gasteiger partial charge on any atom is -0.497 e. The average Bonchev–Trinajstić information content (AvgIpc) is 2.86. The normalized spacial score (nSPS) is 12.4. The molecule has 0 amide bonds. The fourth-order valence-corrected chi connectivity index (χ4v) is 1.71. The highest BCUT2D eigenvalue weighted by molar-refractivity contribution is 5.30. The average molecular weight is 246 g/mol. The van der Waals surface area contributed by atoms with Crippen LogP contribution in [-0.4, -0.2) is 18.6 Å². The molecular formula is C14H18N2O2. The number of aromatic nitrogens is 1. The highest BCUT2D eigenvalue weighted by Crippen LogP contribution is 2.18. The van der Waals surface area contributed by atoms with Gasteiger partial charge in [-0.1, -0.05) is 19.1 Å². The van der Waals surface area contributed by atoms with E-state index in [4.69, 9.17) is 14.9 Å². The van der Waals surface area contributed by atoms with E-state index in [1.165, 1.54) is 0 Å². The van der Waals surface area contributed by atoms with Gasteiger partial charge in [0, 0.05) is 18.9 Å². The molecule has 0 bridgehead atoms. The minimum absolute atomic E-state index is 0.229. The number of ether oxygens (including phenoxy) is 1. The van der Waals surface area contributed by atoms with Crippen molar-refractivity contribution in [2.45, 2.75) is 19.3 Å². The summed E-state index contributed by atoms with van der Waals surface area (Å²) in [5.74, 6) is 1.78. The Morgan fingerprint density at radius 2 is 2.28 bits per heavy atom. The summed E-state index contributed by atoms with van der Waals surface area (Å²) in [5, 5.41) is 0. The number of benzene rings is 1. The Labute approximate surface area is 107 Å². The first-order valence-corrected chi connectivity index (χ1v) is 6.00. The second kappa shape index (κ2) is 5.69. The molecule has 1 atom stereocenters. The predicted octanol–water partition coefficient (Wildman–Crippen LogP) is 2.34. The van der Waals surface area contributed by atoms with E-state index in [0.717, 1.165) is 17.0 Å². The SMILES string of the molecule is COc1cccc(Cc2nc(C(C)CN)co2)c1. The highest BCUT2D eigenvalue weighted by atomic mass is 16.5. The molecule has 1 unspecified atom stereocenters. The van der Waals surface area contributed by atoms with E-state index in [1.807, 2.05) is 31.2 Å². The molecule has 0 saturated heterocycles. The van der Waals surface area contributed by atoms with Gasteiger partial charge < -0.3 is 14.9 Å². The van der Waals surface area contributed by atoms with E-state index in [1.54, 1.807) is 13.4 Å². The molecular weight excluding hydrogens is 228 g/mol. The Morgan fingerprint density at radius 1 is 1.44 bits per heavy atom. The zero-order valence-corrected chi connectivity index (χ0v) is 10.7. The molecule has 1 heterocycles. The number of hydrogen-bond donors (Lipinski definition) is 1. The van der Waals surface area contributed by atoms with Crippen LogP contribution >= 0.6 is 0 Å². The molecule has 4 nitrogen and oxygen atoms in total. The van der Waals surface area contributed by atoms with Crippen LogP contribution in [0.2, 0.25) is 0 Å². The van der Waals surface area contributed by atoms with Crippen molar-refractivity contribution >= 4 is 0 Å². The van der Waals surface area contributed by atoms with Crippen molar-refractivity contribution in [2.75, 3.05) is 13.7 Å². The minimum atomic E-state index is 0.229. The number of rotatable bonds is 5. The van der Waals surface area contributed by atoms with Crippen LogP contribution in [-0.2, 0) is 6.42 Å². The van der Waals surface area contributed by atoms with Crippen LogP contribution in [0.3, 0.4) is 0 Å². The molecule has 0 aliphatic rings. The van der Waals surface area contributed by atoms with Crippen molar-refractivity contribution in [2.24, 2.45) is 5.73 Å². The van der Waals surface area contributed by atoms with E-state index in [0.29, 0.717) is 18.9 Å². The van der Waals surface area contributed by atoms with Crippen LogP contribution in [0.15, 0.2) is 34.9 Å². The molecule has 2 aromatic rings. The van der Waals surface area contributed by atoms with Crippen LogP contribution in [0, 0.1) is 0 Å². The van der Waals surface area contributed by atoms with E-state index in [9.17, 15) is 0 Å². The molecule has 0 saturated carbocycles. The van der Waals surface area contributed by atoms with Crippen LogP contribution in [0.5, 0.6) is 5.75 Å². The van der Waals surface area contributed by atoms with Crippen molar-refractivity contribution in [3.8, 4) is 5.75 Å². The third kappa shape index (κ3) is 2.90. The van der Waals surface area contributed by atoms with Gasteiger partial charge in [0.1, 0.15) is 12.0 Å². The zero-order valence-electron chi connectivity index (χ0n) is 10.7. The second-order valence-electron chi connectivity index (χ2n) is 4.33. The smallest absolute Gasteiger partial charge is 0.198 e. The third-order valence-electron chi connectivity index (χ3n) is 2.92. The van der Waals surface area contributed by atoms with E-state index >= 15 is 0 Å². The zero-order chi connectivity index (χ0) is 13.0. The maximum absolute atomic E-state index is 5.61. The fourth-order valence-electron chi connectivity index (χ4n) is 1.71. The summed E-state index contributed by atoms with van der Waals surface area (Å²) in [5.41, 5.74) is 7.63. The molecule has 0 aliphatic carbocycles. The van der Waals surface area contributed by atoms with Gasteiger partial charge in [-0.2, -0.15) is 0 Å². The first-order valence-electron chi connectivity index (χ1n) is 6.00. The molecule has 0 spiro atoms. The third-order valence-corrected chi connectivity index (χ3v) is 2.92. The van der Waals surface area contributed by atoms with Gasteiger partial charge in [-0.3, -0.25) is 0 Å². The Bertz CT molecular complexity index is 508. The Kier molecular flexibility index (Phi) is 3.99. The number of nitrogens with two attached hydrogens (primary N) is 1. The molecule has 0 fully saturated rings. The number of oxazole rings is 1. The van der Waals surface area contributed by atoms with Crippen LogP contribution in [0.1, 0.15) is 30.0 Å². The summed E-state index contributed by atoms with van der Waals surface area (Å²) in [7, 11) is 1.66. The summed E-state index contributed by atoms with van der Waals surface area (Å²) >= 11 is 0. The Balaban J connectivity index is 2.11. The number of nitrogens with zero attached hydrogens (tertiary/aromatic N) is 1. The van der Waals surface area contributed by atoms with Gasteiger partial charge in [-0.05, 0) is 17.7 Å². The molecule has 18 heavy (non-hydrogen) atoms. The van der Waals surface area contributed by atoms with Crippen molar-refractivity contribution in [3.05, 3.63) is 47.7 Å². The van der Waals surface area contributed by atoms with Crippen LogP contribution < -0.4 is 10.5 Å². The van der Waals surface area contributed by atoms with Gasteiger partial charge >= 0.3 is 0 Å². The van der Waals surface area contributed by atoms with Crippen LogP contribution in [0.25, 0.3) is 0 Å². The lowest BCUT2D eigenvalue weighted by molar-refractivity contribution is 0.414. The van der Waals surface area contributed by atoms with Crippen molar-refractivity contribution in [1.29, 1.82) is 0 Å². The molecule has 4 heteroatoms. The van der Waals surface area contributed by atoms with Gasteiger partial charge in [-0.15, -0.1) is 0 Å². The monoisotopic (exact) mass is 246 g/mol. The highest BCUT2D eigenvalue weighted by Gasteiger charge is 2.10. The van der Waals surface area contributed by atoms with Crippen LogP contribution in [0.4, 0.5) is 0 Å². The molecule has 2 N–H and O–H groups in total. The molecule has 0 radical (unpaired) electrons. The van der Waals surface area contributed by atoms with E-state index in [2.05, 4.69) is 4.98 Å². The standard InChI is InChI=1S/C14H18N2O2/c1-10(8-15)13-9-18-14(16-13)7-11-4-3-5-12(6-11)17-2/h3-6,9-10H,7-8,15H2,1-2H3. The number of methoxy groups -OCH3 is 1. The number of hydrogen-bond acceptors (Lipinski definition) is 4. The molecule has 96 valence electrons. The van der Waals surface area contributed by atoms with Gasteiger partial charge in [0.15, 0.2) is 5.89 Å². The van der Waals surface area contributed by atoms with Gasteiger partial charge in [0.05, 0.1) is 12.8 Å². The molecule has 2 rings (SSSR count). The fraction of sp³-hybridized carbons (Fsp3) is 0.357. The van der Waals surface area contributed by atoms with E-state index < -0.39 is 0 Å². The van der Waals surface area contributed by atoms with Crippen molar-refractivity contribution in [1.82, 2.24) is 4.98 Å². The van der Waals surface area contributed by atoms with Gasteiger partial charge in [-0.25, -0.2) is 4.98 Å². The summed E-state index contributed by atoms with van der Waals surface area (Å²) in [6.07, 6.45) is 2.35. The lowest BCUT2D eigenvalue weighted by Crippen LogP contribution is -2.09. The molecule has 1 aromatic heterocycles. The second-order valence-corrected chi connectivity index (χ2v) is 4.33. The predicted molar refractivity (Wildman–Crippen MR) is 69.8 cm³/mol. The van der Waals surface area contributed by atoms with Gasteiger partial charge in [0.25, 0.3) is 0 Å².